The lowest BCUT2D eigenvalue weighted by atomic mass is 10.2. The summed E-state index contributed by atoms with van der Waals surface area (Å²) in [5.41, 5.74) is 0.00973. The molecule has 0 spiro atoms. The van der Waals surface area contributed by atoms with Gasteiger partial charge in [-0.15, -0.1) is 11.3 Å². The Kier molecular flexibility index (Phi) is 6.86. The number of phenolic OH excluding ortho intramolecular Hbond substituents is 1. The van der Waals surface area contributed by atoms with Crippen molar-refractivity contribution in [1.29, 1.82) is 0 Å². The third-order valence-electron chi connectivity index (χ3n) is 4.90. The summed E-state index contributed by atoms with van der Waals surface area (Å²) in [5.74, 6) is -1.15. The van der Waals surface area contributed by atoms with Crippen LogP contribution < -0.4 is 10.0 Å². The highest BCUT2D eigenvalue weighted by Crippen LogP contribution is 2.26. The second-order valence-electron chi connectivity index (χ2n) is 7.12. The van der Waals surface area contributed by atoms with Crippen LogP contribution in [0.2, 0.25) is 0 Å². The molecule has 180 valence electrons. The molecule has 0 saturated carbocycles. The van der Waals surface area contributed by atoms with Crippen LogP contribution in [-0.2, 0) is 24.8 Å². The first-order valence-corrected chi connectivity index (χ1v) is 13.7. The number of anilines is 2. The molecule has 1 amide bonds. The molecule has 3 N–H and O–H groups in total. The fourth-order valence-corrected chi connectivity index (χ4v) is 6.38. The van der Waals surface area contributed by atoms with E-state index in [1.54, 1.807) is 5.38 Å². The first-order chi connectivity index (χ1) is 16.2. The van der Waals surface area contributed by atoms with Crippen molar-refractivity contribution in [2.75, 3.05) is 36.3 Å². The molecule has 14 heteroatoms. The number of morpholine rings is 1. The molecule has 0 aliphatic carbocycles. The van der Waals surface area contributed by atoms with Crippen molar-refractivity contribution in [3.05, 3.63) is 59.6 Å². The maximum atomic E-state index is 12.9. The number of phenols is 1. The van der Waals surface area contributed by atoms with Crippen LogP contribution in [0.1, 0.15) is 10.4 Å². The highest BCUT2D eigenvalue weighted by molar-refractivity contribution is 7.93. The normalized spacial score (nSPS) is 15.1. The van der Waals surface area contributed by atoms with Crippen molar-refractivity contribution in [1.82, 2.24) is 9.29 Å². The number of rotatable bonds is 7. The van der Waals surface area contributed by atoms with Gasteiger partial charge in [-0.25, -0.2) is 21.8 Å². The fraction of sp³-hybridized carbons (Fsp3) is 0.200. The molecule has 2 aromatic carbocycles. The van der Waals surface area contributed by atoms with Gasteiger partial charge < -0.3 is 15.2 Å². The van der Waals surface area contributed by atoms with Crippen LogP contribution in [0, 0.1) is 0 Å². The Hall–Kier alpha value is -3.04. The van der Waals surface area contributed by atoms with E-state index in [4.69, 9.17) is 4.74 Å². The third kappa shape index (κ3) is 5.20. The minimum Gasteiger partial charge on any atom is -0.507 e. The van der Waals surface area contributed by atoms with Crippen molar-refractivity contribution < 1.29 is 31.5 Å². The highest BCUT2D eigenvalue weighted by Gasteiger charge is 2.28. The monoisotopic (exact) mass is 524 g/mol. The van der Waals surface area contributed by atoms with Gasteiger partial charge in [0.1, 0.15) is 5.75 Å². The topological polar surface area (TPSA) is 155 Å². The van der Waals surface area contributed by atoms with E-state index in [0.29, 0.717) is 0 Å². The van der Waals surface area contributed by atoms with Crippen LogP contribution in [0.5, 0.6) is 5.75 Å². The zero-order valence-electron chi connectivity index (χ0n) is 17.5. The standard InChI is InChI=1S/C20H20N4O7S3/c25-18-6-5-16(34(29,30)24-8-10-31-11-9-24)13-17(18)19(26)22-14-1-3-15(4-2-14)33(27,28)23-20-21-7-12-32-20/h1-7,12-13,25H,8-11H2,(H,21,23)(H,22,26). The molecule has 2 heterocycles. The van der Waals surface area contributed by atoms with Gasteiger partial charge in [0.15, 0.2) is 5.13 Å². The number of ether oxygens (including phenoxy) is 1. The number of nitrogens with one attached hydrogen (secondary N) is 2. The molecule has 0 unspecified atom stereocenters. The number of thiazole rings is 1. The van der Waals surface area contributed by atoms with E-state index in [9.17, 15) is 26.7 Å². The number of aromatic hydroxyl groups is 1. The minimum absolute atomic E-state index is 0.0397. The Morgan fingerprint density at radius 1 is 1.03 bits per heavy atom. The molecule has 3 aromatic rings. The van der Waals surface area contributed by atoms with Crippen LogP contribution in [-0.4, -0.2) is 63.4 Å². The smallest absolute Gasteiger partial charge is 0.263 e. The van der Waals surface area contributed by atoms with E-state index in [2.05, 4.69) is 15.0 Å². The number of hydrogen-bond donors (Lipinski definition) is 3. The van der Waals surface area contributed by atoms with Crippen molar-refractivity contribution in [2.24, 2.45) is 0 Å². The summed E-state index contributed by atoms with van der Waals surface area (Å²) in [5, 5.41) is 14.5. The molecule has 1 fully saturated rings. The average Bonchev–Trinajstić information content (AvgIpc) is 3.32. The number of carbonyl (C=O) groups excluding carboxylic acids is 1. The lowest BCUT2D eigenvalue weighted by Crippen LogP contribution is -2.40. The van der Waals surface area contributed by atoms with Crippen LogP contribution in [0.25, 0.3) is 0 Å². The number of carbonyl (C=O) groups is 1. The Morgan fingerprint density at radius 2 is 1.71 bits per heavy atom. The van der Waals surface area contributed by atoms with Gasteiger partial charge in [0.25, 0.3) is 15.9 Å². The van der Waals surface area contributed by atoms with E-state index in [1.165, 1.54) is 40.8 Å². The van der Waals surface area contributed by atoms with Crippen molar-refractivity contribution >= 4 is 48.1 Å². The first kappa shape index (κ1) is 24.1. The molecule has 0 radical (unpaired) electrons. The molecule has 0 bridgehead atoms. The van der Waals surface area contributed by atoms with E-state index < -0.39 is 31.7 Å². The average molecular weight is 525 g/mol. The van der Waals surface area contributed by atoms with Crippen LogP contribution in [0.3, 0.4) is 0 Å². The number of hydrogen-bond acceptors (Lipinski definition) is 9. The Labute approximate surface area is 200 Å². The maximum Gasteiger partial charge on any atom is 0.263 e. The number of nitrogens with zero attached hydrogens (tertiary/aromatic N) is 2. The summed E-state index contributed by atoms with van der Waals surface area (Å²) >= 11 is 1.13. The van der Waals surface area contributed by atoms with E-state index in [-0.39, 0.29) is 52.5 Å². The minimum atomic E-state index is -3.87. The van der Waals surface area contributed by atoms with E-state index in [0.717, 1.165) is 23.5 Å². The van der Waals surface area contributed by atoms with Gasteiger partial charge >= 0.3 is 0 Å². The maximum absolute atomic E-state index is 12.9. The van der Waals surface area contributed by atoms with Crippen LogP contribution in [0.4, 0.5) is 10.8 Å². The van der Waals surface area contributed by atoms with E-state index in [1.807, 2.05) is 0 Å². The lowest BCUT2D eigenvalue weighted by molar-refractivity contribution is 0.0730. The molecular weight excluding hydrogens is 504 g/mol. The Morgan fingerprint density at radius 3 is 2.35 bits per heavy atom. The van der Waals surface area contributed by atoms with Crippen LogP contribution >= 0.6 is 11.3 Å². The lowest BCUT2D eigenvalue weighted by Gasteiger charge is -2.26. The SMILES string of the molecule is O=C(Nc1ccc(S(=O)(=O)Nc2nccs2)cc1)c1cc(S(=O)(=O)N2CCOCC2)ccc1O. The van der Waals surface area contributed by atoms with Crippen molar-refractivity contribution in [3.63, 3.8) is 0 Å². The largest absolute Gasteiger partial charge is 0.507 e. The molecule has 1 aromatic heterocycles. The predicted molar refractivity (Wildman–Crippen MR) is 125 cm³/mol. The van der Waals surface area contributed by atoms with Gasteiger partial charge in [-0.2, -0.15) is 4.31 Å². The zero-order chi connectivity index (χ0) is 24.3. The predicted octanol–water partition coefficient (Wildman–Crippen LogP) is 1.92. The van der Waals surface area contributed by atoms with Gasteiger partial charge in [-0.05, 0) is 42.5 Å². The van der Waals surface area contributed by atoms with Crippen LogP contribution in [0.15, 0.2) is 63.8 Å². The second-order valence-corrected chi connectivity index (χ2v) is 11.6. The summed E-state index contributed by atoms with van der Waals surface area (Å²) in [6.07, 6.45) is 1.47. The Bertz CT molecular complexity index is 1380. The number of amides is 1. The van der Waals surface area contributed by atoms with Gasteiger partial charge in [0.2, 0.25) is 10.0 Å². The number of sulfonamides is 2. The summed E-state index contributed by atoms with van der Waals surface area (Å²) in [6.45, 7) is 0.931. The molecular formula is C20H20N4O7S3. The number of aromatic nitrogens is 1. The molecule has 1 saturated heterocycles. The summed E-state index contributed by atoms with van der Waals surface area (Å²) in [6, 6.07) is 8.81. The van der Waals surface area contributed by atoms with Crippen molar-refractivity contribution in [2.45, 2.75) is 9.79 Å². The molecule has 1 aliphatic heterocycles. The summed E-state index contributed by atoms with van der Waals surface area (Å²) in [4.78, 5) is 16.5. The molecule has 1 aliphatic rings. The third-order valence-corrected chi connectivity index (χ3v) is 8.96. The second kappa shape index (κ2) is 9.68. The van der Waals surface area contributed by atoms with Gasteiger partial charge in [0, 0.05) is 30.4 Å². The van der Waals surface area contributed by atoms with Crippen molar-refractivity contribution in [3.8, 4) is 5.75 Å². The zero-order valence-corrected chi connectivity index (χ0v) is 20.0. The quantitative estimate of drug-likeness (QED) is 0.423. The van der Waals surface area contributed by atoms with Gasteiger partial charge in [-0.3, -0.25) is 9.52 Å². The van der Waals surface area contributed by atoms with Gasteiger partial charge in [-0.1, -0.05) is 0 Å². The molecule has 34 heavy (non-hydrogen) atoms. The molecule has 0 atom stereocenters. The van der Waals surface area contributed by atoms with Gasteiger partial charge in [0.05, 0.1) is 28.6 Å². The molecule has 11 nitrogen and oxygen atoms in total. The summed E-state index contributed by atoms with van der Waals surface area (Å²) < 4.78 is 59.4. The Balaban J connectivity index is 1.51. The summed E-state index contributed by atoms with van der Waals surface area (Å²) in [7, 11) is -7.72. The highest BCUT2D eigenvalue weighted by atomic mass is 32.2. The molecule has 4 rings (SSSR count). The fourth-order valence-electron chi connectivity index (χ4n) is 3.16. The van der Waals surface area contributed by atoms with E-state index >= 15 is 0 Å². The number of benzene rings is 2. The first-order valence-electron chi connectivity index (χ1n) is 9.91.